The van der Waals surface area contributed by atoms with Gasteiger partial charge in [-0.15, -0.1) is 0 Å². The molecule has 3 aromatic carbocycles. The van der Waals surface area contributed by atoms with Gasteiger partial charge >= 0.3 is 5.69 Å². The Labute approximate surface area is 223 Å². The fraction of sp³-hybridized carbons (Fsp3) is 0.120. The second-order valence-corrected chi connectivity index (χ2v) is 9.05. The number of carbonyl (C=O) groups is 1. The topological polar surface area (TPSA) is 129 Å². The number of nitro groups is 1. The van der Waals surface area contributed by atoms with Crippen LogP contribution in [0.25, 0.3) is 10.9 Å². The molecule has 0 aliphatic carbocycles. The average Bonchev–Trinajstić information content (AvgIpc) is 2.88. The van der Waals surface area contributed by atoms with Crippen molar-refractivity contribution < 1.29 is 14.5 Å². The van der Waals surface area contributed by atoms with Gasteiger partial charge in [0.25, 0.3) is 11.5 Å². The van der Waals surface area contributed by atoms with Crippen LogP contribution in [0.2, 0.25) is 5.02 Å². The molecule has 10 nitrogen and oxygen atoms in total. The summed E-state index contributed by atoms with van der Waals surface area (Å²) < 4.78 is 7.42. The molecule has 12 heteroatoms. The fourth-order valence-electron chi connectivity index (χ4n) is 3.48. The zero-order valence-electron chi connectivity index (χ0n) is 19.4. The lowest BCUT2D eigenvalue weighted by Crippen LogP contribution is -2.22. The van der Waals surface area contributed by atoms with Crippen molar-refractivity contribution in [3.63, 3.8) is 0 Å². The van der Waals surface area contributed by atoms with Gasteiger partial charge in [-0.1, -0.05) is 40.5 Å². The molecule has 0 aliphatic rings. The Hall–Kier alpha value is -4.09. The number of anilines is 1. The summed E-state index contributed by atoms with van der Waals surface area (Å²) in [5, 5.41) is 19.4. The van der Waals surface area contributed by atoms with Crippen LogP contribution in [0.3, 0.4) is 0 Å². The number of amides is 1. The van der Waals surface area contributed by atoms with E-state index in [0.717, 1.165) is 4.68 Å². The number of para-hydroxylation sites is 1. The molecule has 4 rings (SSSR count). The van der Waals surface area contributed by atoms with E-state index in [0.29, 0.717) is 38.3 Å². The summed E-state index contributed by atoms with van der Waals surface area (Å²) in [6, 6.07) is 15.9. The van der Waals surface area contributed by atoms with E-state index in [9.17, 15) is 19.7 Å². The first-order valence-corrected chi connectivity index (χ1v) is 12.1. The van der Waals surface area contributed by atoms with Gasteiger partial charge in [0.15, 0.2) is 6.61 Å². The van der Waals surface area contributed by atoms with Crippen LogP contribution >= 0.6 is 27.5 Å². The highest BCUT2D eigenvalue weighted by Gasteiger charge is 2.20. The molecule has 1 amide bonds. The molecule has 0 radical (unpaired) electrons. The number of aromatic nitrogens is 2. The Morgan fingerprint density at radius 1 is 1.24 bits per heavy atom. The first-order chi connectivity index (χ1) is 17.8. The van der Waals surface area contributed by atoms with Gasteiger partial charge in [0, 0.05) is 33.2 Å². The summed E-state index contributed by atoms with van der Waals surface area (Å²) in [5.41, 5.74) is 0.477. The van der Waals surface area contributed by atoms with E-state index < -0.39 is 23.0 Å². The van der Waals surface area contributed by atoms with Gasteiger partial charge in [0.05, 0.1) is 22.0 Å². The van der Waals surface area contributed by atoms with E-state index in [2.05, 4.69) is 31.3 Å². The van der Waals surface area contributed by atoms with Crippen molar-refractivity contribution in [2.24, 2.45) is 5.10 Å². The Balaban J connectivity index is 1.66. The number of ether oxygens (including phenoxy) is 1. The zero-order valence-corrected chi connectivity index (χ0v) is 21.7. The van der Waals surface area contributed by atoms with Gasteiger partial charge in [-0.05, 0) is 48.5 Å². The second kappa shape index (κ2) is 11.3. The number of halogens is 2. The molecule has 0 saturated carbocycles. The SMILES string of the molecule is CCc1nc2ccc(Br)cc2c(=O)n1N=Cc1cccc([N+](=O)[O-])c1OCC(=O)Nc1ccc(Cl)cc1. The van der Waals surface area contributed by atoms with Crippen LogP contribution in [-0.4, -0.2) is 33.3 Å². The van der Waals surface area contributed by atoms with Gasteiger partial charge in [0.2, 0.25) is 5.75 Å². The van der Waals surface area contributed by atoms with Crippen LogP contribution in [0.1, 0.15) is 18.3 Å². The molecule has 1 aromatic heterocycles. The molecule has 0 atom stereocenters. The lowest BCUT2D eigenvalue weighted by Gasteiger charge is -2.11. The maximum absolute atomic E-state index is 13.1. The summed E-state index contributed by atoms with van der Waals surface area (Å²) >= 11 is 9.20. The summed E-state index contributed by atoms with van der Waals surface area (Å²) in [5.74, 6) is -0.284. The van der Waals surface area contributed by atoms with Crippen molar-refractivity contribution in [2.45, 2.75) is 13.3 Å². The van der Waals surface area contributed by atoms with Gasteiger partial charge < -0.3 is 10.1 Å². The predicted octanol–water partition coefficient (Wildman–Crippen LogP) is 5.18. The minimum Gasteiger partial charge on any atom is -0.476 e. The van der Waals surface area contributed by atoms with Crippen molar-refractivity contribution in [3.05, 3.63) is 102 Å². The molecule has 0 saturated heterocycles. The Bertz CT molecular complexity index is 1590. The number of rotatable bonds is 8. The lowest BCUT2D eigenvalue weighted by atomic mass is 10.2. The Morgan fingerprint density at radius 3 is 2.70 bits per heavy atom. The third-order valence-electron chi connectivity index (χ3n) is 5.20. The summed E-state index contributed by atoms with van der Waals surface area (Å²) in [6.45, 7) is 1.33. The van der Waals surface area contributed by atoms with Crippen LogP contribution < -0.4 is 15.6 Å². The van der Waals surface area contributed by atoms with Gasteiger partial charge in [-0.2, -0.15) is 9.78 Å². The number of carbonyl (C=O) groups excluding carboxylic acids is 1. The Kier molecular flexibility index (Phi) is 7.95. The molecule has 0 fully saturated rings. The molecular weight excluding hydrogens is 566 g/mol. The van der Waals surface area contributed by atoms with Crippen molar-refractivity contribution in [1.29, 1.82) is 0 Å². The minimum atomic E-state index is -0.622. The van der Waals surface area contributed by atoms with E-state index in [-0.39, 0.29) is 17.0 Å². The number of hydrogen-bond donors (Lipinski definition) is 1. The second-order valence-electron chi connectivity index (χ2n) is 7.70. The first-order valence-electron chi connectivity index (χ1n) is 11.0. The highest BCUT2D eigenvalue weighted by Crippen LogP contribution is 2.30. The van der Waals surface area contributed by atoms with Crippen LogP contribution in [-0.2, 0) is 11.2 Å². The summed E-state index contributed by atoms with van der Waals surface area (Å²) in [7, 11) is 0. The van der Waals surface area contributed by atoms with Crippen LogP contribution in [0.4, 0.5) is 11.4 Å². The maximum Gasteiger partial charge on any atom is 0.311 e. The van der Waals surface area contributed by atoms with E-state index >= 15 is 0 Å². The zero-order chi connectivity index (χ0) is 26.5. The standard InChI is InChI=1S/C25H19BrClN5O5/c1-2-22-30-20-11-6-16(26)12-19(20)25(34)31(22)28-13-15-4-3-5-21(32(35)36)24(15)37-14-23(33)29-18-9-7-17(27)8-10-18/h3-13H,2,14H2,1H3,(H,29,33). The largest absolute Gasteiger partial charge is 0.476 e. The molecule has 0 aliphatic heterocycles. The van der Waals surface area contributed by atoms with Crippen LogP contribution in [0, 0.1) is 10.1 Å². The highest BCUT2D eigenvalue weighted by molar-refractivity contribution is 9.10. The molecule has 0 unspecified atom stereocenters. The van der Waals surface area contributed by atoms with Crippen LogP contribution in [0.5, 0.6) is 5.75 Å². The van der Waals surface area contributed by atoms with Crippen molar-refractivity contribution in [1.82, 2.24) is 9.66 Å². The number of nitrogens with zero attached hydrogens (tertiary/aromatic N) is 4. The van der Waals surface area contributed by atoms with E-state index in [4.69, 9.17) is 16.3 Å². The lowest BCUT2D eigenvalue weighted by molar-refractivity contribution is -0.385. The van der Waals surface area contributed by atoms with Crippen LogP contribution in [0.15, 0.2) is 75.0 Å². The smallest absolute Gasteiger partial charge is 0.311 e. The molecule has 188 valence electrons. The molecule has 37 heavy (non-hydrogen) atoms. The number of fused-ring (bicyclic) bond motifs is 1. The fourth-order valence-corrected chi connectivity index (χ4v) is 3.96. The molecular formula is C25H19BrClN5O5. The minimum absolute atomic E-state index is 0.162. The number of nitro benzene ring substituents is 1. The molecule has 1 N–H and O–H groups in total. The normalized spacial score (nSPS) is 11.1. The summed E-state index contributed by atoms with van der Waals surface area (Å²) in [6.07, 6.45) is 1.69. The average molecular weight is 585 g/mol. The van der Waals surface area contributed by atoms with E-state index in [1.165, 1.54) is 24.4 Å². The van der Waals surface area contributed by atoms with Crippen molar-refractivity contribution in [2.75, 3.05) is 11.9 Å². The third-order valence-corrected chi connectivity index (χ3v) is 5.95. The number of benzene rings is 3. The van der Waals surface area contributed by atoms with E-state index in [1.807, 2.05) is 6.92 Å². The molecule has 1 heterocycles. The van der Waals surface area contributed by atoms with Crippen molar-refractivity contribution >= 4 is 61.9 Å². The summed E-state index contributed by atoms with van der Waals surface area (Å²) in [4.78, 5) is 41.1. The predicted molar refractivity (Wildman–Crippen MR) is 145 cm³/mol. The highest BCUT2D eigenvalue weighted by atomic mass is 79.9. The molecule has 0 bridgehead atoms. The van der Waals surface area contributed by atoms with Gasteiger partial charge in [-0.3, -0.25) is 19.7 Å². The molecule has 4 aromatic rings. The maximum atomic E-state index is 13.1. The Morgan fingerprint density at radius 2 is 2.00 bits per heavy atom. The third kappa shape index (κ3) is 6.01. The molecule has 0 spiro atoms. The van der Waals surface area contributed by atoms with Gasteiger partial charge in [0.1, 0.15) is 5.82 Å². The number of nitrogens with one attached hydrogen (secondary N) is 1. The van der Waals surface area contributed by atoms with Crippen molar-refractivity contribution in [3.8, 4) is 5.75 Å². The van der Waals surface area contributed by atoms with E-state index in [1.54, 1.807) is 42.5 Å². The van der Waals surface area contributed by atoms with Gasteiger partial charge in [-0.25, -0.2) is 4.98 Å². The monoisotopic (exact) mass is 583 g/mol. The quantitative estimate of drug-likeness (QED) is 0.173. The number of hydrogen-bond acceptors (Lipinski definition) is 7. The number of aryl methyl sites for hydroxylation is 1. The first kappa shape index (κ1) is 26.0.